The van der Waals surface area contributed by atoms with Gasteiger partial charge in [0.2, 0.25) is 5.13 Å². The van der Waals surface area contributed by atoms with Crippen molar-refractivity contribution in [1.82, 2.24) is 9.99 Å². The number of imide groups is 1. The normalized spacial score (nSPS) is 13.3. The van der Waals surface area contributed by atoms with E-state index in [4.69, 9.17) is 0 Å². The zero-order valence-corrected chi connectivity index (χ0v) is 13.6. The van der Waals surface area contributed by atoms with Gasteiger partial charge in [0, 0.05) is 10.9 Å². The summed E-state index contributed by atoms with van der Waals surface area (Å²) in [4.78, 5) is 29.2. The van der Waals surface area contributed by atoms with Crippen LogP contribution in [-0.2, 0) is 0 Å². The Morgan fingerprint density at radius 1 is 0.958 bits per heavy atom. The van der Waals surface area contributed by atoms with Crippen molar-refractivity contribution in [3.63, 3.8) is 0 Å². The monoisotopic (exact) mass is 335 g/mol. The summed E-state index contributed by atoms with van der Waals surface area (Å²) in [5.74, 6) is -0.717. The highest BCUT2D eigenvalue weighted by molar-refractivity contribution is 7.14. The van der Waals surface area contributed by atoms with Crippen molar-refractivity contribution in [2.45, 2.75) is 6.92 Å². The second-order valence-electron chi connectivity index (χ2n) is 5.51. The molecule has 1 aliphatic heterocycles. The first-order chi connectivity index (χ1) is 11.6. The zero-order valence-electron chi connectivity index (χ0n) is 12.8. The number of anilines is 1. The summed E-state index contributed by atoms with van der Waals surface area (Å²) in [7, 11) is 0. The van der Waals surface area contributed by atoms with Gasteiger partial charge in [-0.1, -0.05) is 42.0 Å². The maximum absolute atomic E-state index is 12.3. The summed E-state index contributed by atoms with van der Waals surface area (Å²) in [5.41, 5.74) is 6.62. The minimum atomic E-state index is -0.359. The number of thiazole rings is 1. The molecule has 118 valence electrons. The minimum absolute atomic E-state index is 0.359. The number of fused-ring (bicyclic) bond motifs is 1. The van der Waals surface area contributed by atoms with E-state index in [2.05, 4.69) is 10.4 Å². The van der Waals surface area contributed by atoms with Gasteiger partial charge in [-0.3, -0.25) is 15.0 Å². The standard InChI is InChI=1S/C18H13N3O2S/c1-11-6-8-12(9-7-11)15-10-24-18(19-15)20-21-16(22)13-4-2-3-5-14(13)17(21)23/h2-10H,1H3,(H,19,20). The second kappa shape index (κ2) is 5.58. The number of carbonyl (C=O) groups excluding carboxylic acids is 2. The largest absolute Gasteiger partial charge is 0.280 e. The van der Waals surface area contributed by atoms with Crippen molar-refractivity contribution < 1.29 is 9.59 Å². The van der Waals surface area contributed by atoms with E-state index in [9.17, 15) is 9.59 Å². The van der Waals surface area contributed by atoms with Crippen LogP contribution >= 0.6 is 11.3 Å². The third-order valence-corrected chi connectivity index (χ3v) is 4.60. The Morgan fingerprint density at radius 3 is 2.21 bits per heavy atom. The highest BCUT2D eigenvalue weighted by Gasteiger charge is 2.36. The molecule has 1 N–H and O–H groups in total. The van der Waals surface area contributed by atoms with Gasteiger partial charge in [-0.25, -0.2) is 4.98 Å². The topological polar surface area (TPSA) is 62.3 Å². The number of hydrogen-bond donors (Lipinski definition) is 1. The lowest BCUT2D eigenvalue weighted by atomic mass is 10.1. The summed E-state index contributed by atoms with van der Waals surface area (Å²) in [6.07, 6.45) is 0. The van der Waals surface area contributed by atoms with Crippen LogP contribution in [0.15, 0.2) is 53.9 Å². The van der Waals surface area contributed by atoms with Gasteiger partial charge in [0.1, 0.15) is 0 Å². The highest BCUT2D eigenvalue weighted by atomic mass is 32.1. The molecule has 0 atom stereocenters. The summed E-state index contributed by atoms with van der Waals surface area (Å²) in [6.45, 7) is 2.03. The number of aryl methyl sites for hydroxylation is 1. The van der Waals surface area contributed by atoms with E-state index in [0.29, 0.717) is 16.3 Å². The van der Waals surface area contributed by atoms with E-state index in [-0.39, 0.29) is 11.8 Å². The lowest BCUT2D eigenvalue weighted by Crippen LogP contribution is -2.35. The van der Waals surface area contributed by atoms with E-state index >= 15 is 0 Å². The first kappa shape index (κ1) is 14.6. The molecule has 24 heavy (non-hydrogen) atoms. The van der Waals surface area contributed by atoms with Gasteiger partial charge in [-0.2, -0.15) is 5.01 Å². The van der Waals surface area contributed by atoms with E-state index in [1.165, 1.54) is 16.9 Å². The molecule has 5 nitrogen and oxygen atoms in total. The van der Waals surface area contributed by atoms with Gasteiger partial charge in [-0.05, 0) is 19.1 Å². The van der Waals surface area contributed by atoms with Crippen molar-refractivity contribution in [1.29, 1.82) is 0 Å². The molecule has 0 unspecified atom stereocenters. The van der Waals surface area contributed by atoms with Crippen LogP contribution in [0.5, 0.6) is 0 Å². The Labute approximate surface area is 142 Å². The van der Waals surface area contributed by atoms with Gasteiger partial charge >= 0.3 is 0 Å². The predicted octanol–water partition coefficient (Wildman–Crippen LogP) is 3.74. The second-order valence-corrected chi connectivity index (χ2v) is 6.37. The molecular weight excluding hydrogens is 322 g/mol. The number of carbonyl (C=O) groups is 2. The summed E-state index contributed by atoms with van der Waals surface area (Å²) >= 11 is 1.35. The SMILES string of the molecule is Cc1ccc(-c2csc(NN3C(=O)c4ccccc4C3=O)n2)cc1. The van der Waals surface area contributed by atoms with Gasteiger partial charge in [0.15, 0.2) is 0 Å². The number of hydrogen-bond acceptors (Lipinski definition) is 5. The number of aromatic nitrogens is 1. The van der Waals surface area contributed by atoms with Gasteiger partial charge in [-0.15, -0.1) is 11.3 Å². The maximum atomic E-state index is 12.3. The first-order valence-corrected chi connectivity index (χ1v) is 8.28. The predicted molar refractivity (Wildman–Crippen MR) is 92.9 cm³/mol. The van der Waals surface area contributed by atoms with Crippen molar-refractivity contribution >= 4 is 28.3 Å². The van der Waals surface area contributed by atoms with Crippen LogP contribution in [0.1, 0.15) is 26.3 Å². The van der Waals surface area contributed by atoms with Crippen LogP contribution < -0.4 is 5.43 Å². The van der Waals surface area contributed by atoms with Crippen LogP contribution in [0.25, 0.3) is 11.3 Å². The number of benzene rings is 2. The number of rotatable bonds is 3. The Kier molecular flexibility index (Phi) is 3.39. The molecule has 0 spiro atoms. The first-order valence-electron chi connectivity index (χ1n) is 7.40. The summed E-state index contributed by atoms with van der Waals surface area (Å²) < 4.78 is 0. The fourth-order valence-electron chi connectivity index (χ4n) is 2.57. The van der Waals surface area contributed by atoms with Crippen molar-refractivity contribution in [2.75, 3.05) is 5.43 Å². The Balaban J connectivity index is 1.58. The number of nitrogens with one attached hydrogen (secondary N) is 1. The van der Waals surface area contributed by atoms with E-state index in [0.717, 1.165) is 16.3 Å². The fourth-order valence-corrected chi connectivity index (χ4v) is 3.28. The molecule has 0 saturated heterocycles. The van der Waals surface area contributed by atoms with Crippen LogP contribution in [-0.4, -0.2) is 21.8 Å². The number of nitrogens with zero attached hydrogens (tertiary/aromatic N) is 2. The van der Waals surface area contributed by atoms with E-state index in [1.807, 2.05) is 36.6 Å². The molecule has 1 aromatic heterocycles. The van der Waals surface area contributed by atoms with Crippen molar-refractivity contribution in [3.05, 3.63) is 70.6 Å². The summed E-state index contributed by atoms with van der Waals surface area (Å²) in [6, 6.07) is 14.8. The average molecular weight is 335 g/mol. The minimum Gasteiger partial charge on any atom is -0.267 e. The lowest BCUT2D eigenvalue weighted by molar-refractivity contribution is 0.0691. The smallest absolute Gasteiger partial charge is 0.267 e. The van der Waals surface area contributed by atoms with Crippen LogP contribution in [0.2, 0.25) is 0 Å². The quantitative estimate of drug-likeness (QED) is 0.741. The molecule has 0 saturated carbocycles. The average Bonchev–Trinajstić information content (AvgIpc) is 3.16. The van der Waals surface area contributed by atoms with Gasteiger partial charge in [0.25, 0.3) is 11.8 Å². The zero-order chi connectivity index (χ0) is 16.7. The third kappa shape index (κ3) is 2.37. The Morgan fingerprint density at radius 2 is 1.58 bits per heavy atom. The third-order valence-electron chi connectivity index (χ3n) is 3.85. The highest BCUT2D eigenvalue weighted by Crippen LogP contribution is 2.28. The van der Waals surface area contributed by atoms with Gasteiger partial charge < -0.3 is 0 Å². The van der Waals surface area contributed by atoms with Gasteiger partial charge in [0.05, 0.1) is 16.8 Å². The molecule has 2 aromatic carbocycles. The molecule has 1 aliphatic rings. The van der Waals surface area contributed by atoms with E-state index < -0.39 is 0 Å². The molecule has 0 aliphatic carbocycles. The molecule has 2 heterocycles. The maximum Gasteiger partial charge on any atom is 0.280 e. The molecular formula is C18H13N3O2S. The molecule has 0 bridgehead atoms. The summed E-state index contributed by atoms with van der Waals surface area (Å²) in [5, 5.41) is 3.41. The van der Waals surface area contributed by atoms with Crippen molar-refractivity contribution in [3.8, 4) is 11.3 Å². The molecule has 2 amide bonds. The molecule has 0 radical (unpaired) electrons. The van der Waals surface area contributed by atoms with Crippen LogP contribution in [0.3, 0.4) is 0 Å². The molecule has 3 aromatic rings. The van der Waals surface area contributed by atoms with E-state index in [1.54, 1.807) is 24.3 Å². The molecule has 6 heteroatoms. The molecule has 0 fully saturated rings. The lowest BCUT2D eigenvalue weighted by Gasteiger charge is -2.13. The fraction of sp³-hybridized carbons (Fsp3) is 0.0556. The Bertz CT molecular complexity index is 912. The number of hydrazine groups is 1. The Hall–Kier alpha value is -2.99. The van der Waals surface area contributed by atoms with Crippen LogP contribution in [0.4, 0.5) is 5.13 Å². The van der Waals surface area contributed by atoms with Crippen molar-refractivity contribution in [2.24, 2.45) is 0 Å². The van der Waals surface area contributed by atoms with Crippen LogP contribution in [0, 0.1) is 6.92 Å². The number of amides is 2. The molecule has 4 rings (SSSR count).